The van der Waals surface area contributed by atoms with Crippen molar-refractivity contribution in [2.75, 3.05) is 13.1 Å². The molecule has 1 aromatic carbocycles. The van der Waals surface area contributed by atoms with Gasteiger partial charge in [0, 0.05) is 13.1 Å². The number of rotatable bonds is 2. The standard InChI is InChI=1S/C16H25NO3S/c1-10-11(2)13(4)16(14(5)12(10)3)21(19,20)17-8-6-15(18)7-9-17/h15,18H,6-9H2,1-5H3. The van der Waals surface area contributed by atoms with Crippen LogP contribution < -0.4 is 0 Å². The van der Waals surface area contributed by atoms with Gasteiger partial charge >= 0.3 is 0 Å². The zero-order chi connectivity index (χ0) is 15.9. The summed E-state index contributed by atoms with van der Waals surface area (Å²) in [4.78, 5) is 0.458. The summed E-state index contributed by atoms with van der Waals surface area (Å²) in [5, 5.41) is 9.58. The molecular weight excluding hydrogens is 286 g/mol. The van der Waals surface area contributed by atoms with E-state index in [1.165, 1.54) is 4.31 Å². The zero-order valence-electron chi connectivity index (χ0n) is 13.5. The Morgan fingerprint density at radius 1 is 0.857 bits per heavy atom. The minimum Gasteiger partial charge on any atom is -0.393 e. The summed E-state index contributed by atoms with van der Waals surface area (Å²) in [5.41, 5.74) is 4.96. The van der Waals surface area contributed by atoms with Gasteiger partial charge in [0.15, 0.2) is 0 Å². The van der Waals surface area contributed by atoms with Crippen molar-refractivity contribution in [3.63, 3.8) is 0 Å². The van der Waals surface area contributed by atoms with Gasteiger partial charge in [-0.2, -0.15) is 4.31 Å². The van der Waals surface area contributed by atoms with Gasteiger partial charge < -0.3 is 5.11 Å². The van der Waals surface area contributed by atoms with E-state index in [1.54, 1.807) is 0 Å². The maximum absolute atomic E-state index is 13.0. The Morgan fingerprint density at radius 2 is 1.24 bits per heavy atom. The van der Waals surface area contributed by atoms with E-state index in [1.807, 2.05) is 34.6 Å². The molecule has 0 unspecified atom stereocenters. The highest BCUT2D eigenvalue weighted by Gasteiger charge is 2.32. The third kappa shape index (κ3) is 2.74. The molecule has 0 aromatic heterocycles. The number of aliphatic hydroxyl groups excluding tert-OH is 1. The molecule has 0 radical (unpaired) electrons. The summed E-state index contributed by atoms with van der Waals surface area (Å²) >= 11 is 0. The zero-order valence-corrected chi connectivity index (χ0v) is 14.3. The van der Waals surface area contributed by atoms with Gasteiger partial charge in [-0.25, -0.2) is 8.42 Å². The Labute approximate surface area is 127 Å². The fourth-order valence-corrected chi connectivity index (χ4v) is 5.09. The molecule has 0 saturated carbocycles. The Morgan fingerprint density at radius 3 is 1.67 bits per heavy atom. The second kappa shape index (κ2) is 5.71. The van der Waals surface area contributed by atoms with Crippen LogP contribution in [0.4, 0.5) is 0 Å². The maximum atomic E-state index is 13.0. The quantitative estimate of drug-likeness (QED) is 0.912. The van der Waals surface area contributed by atoms with Crippen molar-refractivity contribution in [1.82, 2.24) is 4.31 Å². The molecule has 4 nitrogen and oxygen atoms in total. The molecule has 5 heteroatoms. The Hall–Kier alpha value is -0.910. The third-order valence-electron chi connectivity index (χ3n) is 4.95. The molecule has 0 aliphatic carbocycles. The van der Waals surface area contributed by atoms with Crippen LogP contribution in [-0.2, 0) is 10.0 Å². The van der Waals surface area contributed by atoms with Crippen molar-refractivity contribution >= 4 is 10.0 Å². The van der Waals surface area contributed by atoms with Gasteiger partial charge in [0.2, 0.25) is 10.0 Å². The summed E-state index contributed by atoms with van der Waals surface area (Å²) in [6.07, 6.45) is 0.655. The Bertz CT molecular complexity index is 628. The van der Waals surface area contributed by atoms with E-state index in [-0.39, 0.29) is 6.10 Å². The summed E-state index contributed by atoms with van der Waals surface area (Å²) in [7, 11) is -3.49. The van der Waals surface area contributed by atoms with Crippen molar-refractivity contribution in [1.29, 1.82) is 0 Å². The van der Waals surface area contributed by atoms with E-state index in [9.17, 15) is 13.5 Å². The number of sulfonamides is 1. The number of hydrogen-bond donors (Lipinski definition) is 1. The molecule has 0 atom stereocenters. The normalized spacial score (nSPS) is 18.2. The lowest BCUT2D eigenvalue weighted by Gasteiger charge is -2.30. The fourth-order valence-electron chi connectivity index (χ4n) is 3.06. The third-order valence-corrected chi connectivity index (χ3v) is 7.13. The second-order valence-corrected chi connectivity index (χ2v) is 7.96. The topological polar surface area (TPSA) is 57.6 Å². The van der Waals surface area contributed by atoms with Gasteiger partial charge in [-0.1, -0.05) is 0 Å². The molecule has 1 aliphatic rings. The highest BCUT2D eigenvalue weighted by molar-refractivity contribution is 7.89. The summed E-state index contributed by atoms with van der Waals surface area (Å²) in [6, 6.07) is 0. The van der Waals surface area contributed by atoms with Crippen molar-refractivity contribution in [2.45, 2.75) is 58.5 Å². The summed E-state index contributed by atoms with van der Waals surface area (Å²) in [5.74, 6) is 0. The van der Waals surface area contributed by atoms with E-state index in [0.717, 1.165) is 27.8 Å². The smallest absolute Gasteiger partial charge is 0.243 e. The van der Waals surface area contributed by atoms with Crippen LogP contribution in [0.25, 0.3) is 0 Å². The number of aliphatic hydroxyl groups is 1. The number of benzene rings is 1. The van der Waals surface area contributed by atoms with E-state index in [4.69, 9.17) is 0 Å². The molecule has 1 saturated heterocycles. The molecule has 1 aliphatic heterocycles. The molecule has 1 fully saturated rings. The monoisotopic (exact) mass is 311 g/mol. The van der Waals surface area contributed by atoms with Gasteiger partial charge in [0.05, 0.1) is 11.0 Å². The number of piperidine rings is 1. The number of hydrogen-bond acceptors (Lipinski definition) is 3. The van der Waals surface area contributed by atoms with E-state index < -0.39 is 10.0 Å². The van der Waals surface area contributed by atoms with Crippen LogP contribution in [0.5, 0.6) is 0 Å². The second-order valence-electron chi connectivity index (χ2n) is 6.09. The molecule has 1 N–H and O–H groups in total. The summed E-state index contributed by atoms with van der Waals surface area (Å²) < 4.78 is 27.5. The van der Waals surface area contributed by atoms with Crippen LogP contribution in [0.15, 0.2) is 4.90 Å². The van der Waals surface area contributed by atoms with E-state index >= 15 is 0 Å². The predicted molar refractivity (Wildman–Crippen MR) is 84.1 cm³/mol. The Balaban J connectivity index is 2.56. The van der Waals surface area contributed by atoms with Crippen molar-refractivity contribution < 1.29 is 13.5 Å². The average molecular weight is 311 g/mol. The van der Waals surface area contributed by atoms with Crippen molar-refractivity contribution in [3.8, 4) is 0 Å². The maximum Gasteiger partial charge on any atom is 0.243 e. The van der Waals surface area contributed by atoms with Crippen LogP contribution in [0.3, 0.4) is 0 Å². The predicted octanol–water partition coefficient (Wildman–Crippen LogP) is 2.37. The minimum atomic E-state index is -3.49. The minimum absolute atomic E-state index is 0.375. The van der Waals surface area contributed by atoms with Crippen LogP contribution in [0, 0.1) is 34.6 Å². The van der Waals surface area contributed by atoms with Crippen LogP contribution in [0.1, 0.15) is 40.7 Å². The van der Waals surface area contributed by atoms with Gasteiger partial charge in [0.25, 0.3) is 0 Å². The highest BCUT2D eigenvalue weighted by atomic mass is 32.2. The fraction of sp³-hybridized carbons (Fsp3) is 0.625. The lowest BCUT2D eigenvalue weighted by atomic mass is 9.95. The van der Waals surface area contributed by atoms with E-state index in [0.29, 0.717) is 30.8 Å². The SMILES string of the molecule is Cc1c(C)c(C)c(S(=O)(=O)N2CCC(O)CC2)c(C)c1C. The van der Waals surface area contributed by atoms with Gasteiger partial charge in [0.1, 0.15) is 0 Å². The lowest BCUT2D eigenvalue weighted by Crippen LogP contribution is -2.40. The molecular formula is C16H25NO3S. The molecule has 21 heavy (non-hydrogen) atoms. The first-order valence-electron chi connectivity index (χ1n) is 7.43. The molecule has 0 amide bonds. The van der Waals surface area contributed by atoms with Gasteiger partial charge in [-0.15, -0.1) is 0 Å². The first-order valence-corrected chi connectivity index (χ1v) is 8.87. The van der Waals surface area contributed by atoms with Crippen LogP contribution in [-0.4, -0.2) is 37.0 Å². The van der Waals surface area contributed by atoms with E-state index in [2.05, 4.69) is 0 Å². The van der Waals surface area contributed by atoms with Crippen LogP contribution in [0.2, 0.25) is 0 Å². The highest BCUT2D eigenvalue weighted by Crippen LogP contribution is 2.32. The molecule has 0 spiro atoms. The van der Waals surface area contributed by atoms with Gasteiger partial charge in [-0.3, -0.25) is 0 Å². The molecule has 118 valence electrons. The van der Waals surface area contributed by atoms with Crippen molar-refractivity contribution in [2.24, 2.45) is 0 Å². The van der Waals surface area contributed by atoms with Crippen molar-refractivity contribution in [3.05, 3.63) is 27.8 Å². The van der Waals surface area contributed by atoms with Crippen LogP contribution >= 0.6 is 0 Å². The molecule has 2 rings (SSSR count). The van der Waals surface area contributed by atoms with Gasteiger partial charge in [-0.05, 0) is 75.3 Å². The molecule has 0 bridgehead atoms. The number of nitrogens with zero attached hydrogens (tertiary/aromatic N) is 1. The summed E-state index contributed by atoms with van der Waals surface area (Å²) in [6.45, 7) is 10.6. The molecule has 1 aromatic rings. The first kappa shape index (κ1) is 16.5. The largest absolute Gasteiger partial charge is 0.393 e. The average Bonchev–Trinajstić information content (AvgIpc) is 2.43. The first-order chi connectivity index (χ1) is 9.67. The lowest BCUT2D eigenvalue weighted by molar-refractivity contribution is 0.113. The molecule has 1 heterocycles. The Kier molecular flexibility index (Phi) is 4.47.